The number of amides is 1. The Morgan fingerprint density at radius 2 is 1.78 bits per heavy atom. The van der Waals surface area contributed by atoms with Gasteiger partial charge in [0, 0.05) is 12.1 Å². The fourth-order valence-corrected chi connectivity index (χ4v) is 2.27. The van der Waals surface area contributed by atoms with Gasteiger partial charge in [-0.05, 0) is 12.8 Å². The summed E-state index contributed by atoms with van der Waals surface area (Å²) in [6.07, 6.45) is -7.11. The van der Waals surface area contributed by atoms with E-state index < -0.39 is 30.1 Å². The van der Waals surface area contributed by atoms with Gasteiger partial charge in [-0.25, -0.2) is 0 Å². The molecular formula is C17H21F3N2O5. The minimum absolute atomic E-state index is 0.192. The monoisotopic (exact) mass is 390 g/mol. The molecule has 1 aromatic carbocycles. The van der Waals surface area contributed by atoms with Gasteiger partial charge in [-0.2, -0.15) is 13.2 Å². The number of carboxylic acids is 1. The highest BCUT2D eigenvalue weighted by Crippen LogP contribution is 2.36. The van der Waals surface area contributed by atoms with E-state index in [1.165, 1.54) is 18.2 Å². The molecule has 1 rings (SSSR count). The molecular weight excluding hydrogens is 369 g/mol. The zero-order valence-corrected chi connectivity index (χ0v) is 14.4. The summed E-state index contributed by atoms with van der Waals surface area (Å²) in [6, 6.07) is 6.49. The molecule has 1 amide bonds. The maximum atomic E-state index is 13.2. The third-order valence-electron chi connectivity index (χ3n) is 3.64. The maximum Gasteiger partial charge on any atom is 0.429 e. The Hall–Kier alpha value is -2.62. The Balaban J connectivity index is 2.70. The molecule has 7 nitrogen and oxygen atoms in total. The average molecular weight is 390 g/mol. The number of hydrogen-bond acceptors (Lipinski definition) is 5. The van der Waals surface area contributed by atoms with Crippen molar-refractivity contribution >= 4 is 17.8 Å². The fourth-order valence-electron chi connectivity index (χ4n) is 2.27. The third-order valence-corrected chi connectivity index (χ3v) is 3.64. The number of nitrogens with two attached hydrogens (primary N) is 1. The first-order valence-electron chi connectivity index (χ1n) is 8.18. The Morgan fingerprint density at radius 1 is 1.15 bits per heavy atom. The van der Waals surface area contributed by atoms with Crippen LogP contribution in [-0.4, -0.2) is 42.2 Å². The van der Waals surface area contributed by atoms with Crippen LogP contribution in [-0.2, 0) is 19.1 Å². The van der Waals surface area contributed by atoms with E-state index in [1.807, 2.05) is 0 Å². The number of carboxylic acid groups (broad SMARTS) is 1. The summed E-state index contributed by atoms with van der Waals surface area (Å²) < 4.78 is 44.2. The number of carbonyl (C=O) groups is 3. The van der Waals surface area contributed by atoms with Crippen molar-refractivity contribution in [2.45, 2.75) is 31.5 Å². The summed E-state index contributed by atoms with van der Waals surface area (Å²) in [6.45, 7) is 0.0228. The molecule has 0 bridgehead atoms. The number of alkyl halides is 3. The third kappa shape index (κ3) is 7.65. The van der Waals surface area contributed by atoms with E-state index >= 15 is 0 Å². The van der Waals surface area contributed by atoms with E-state index in [-0.39, 0.29) is 37.4 Å². The molecule has 0 aliphatic rings. The first-order chi connectivity index (χ1) is 12.7. The van der Waals surface area contributed by atoms with Gasteiger partial charge in [0.2, 0.25) is 12.0 Å². The van der Waals surface area contributed by atoms with Crippen molar-refractivity contribution < 1.29 is 37.4 Å². The fraction of sp³-hybridized carbons (Fsp3) is 0.471. The van der Waals surface area contributed by atoms with Crippen molar-refractivity contribution in [2.75, 3.05) is 13.1 Å². The lowest BCUT2D eigenvalue weighted by atomic mass is 10.0. The maximum absolute atomic E-state index is 13.2. The standard InChI is InChI=1S/C17H21F3N2O5/c18-17(19,20)14(11-6-2-1-3-7-11)27-16(26)12(15(24)25)8-4-5-9-22-13(23)10-21/h1-3,6-7,12,14H,4-5,8-10,21H2,(H,22,23)(H,24,25). The lowest BCUT2D eigenvalue weighted by Crippen LogP contribution is -2.33. The molecule has 0 aliphatic heterocycles. The highest BCUT2D eigenvalue weighted by atomic mass is 19.4. The highest BCUT2D eigenvalue weighted by molar-refractivity contribution is 5.94. The minimum atomic E-state index is -4.88. The van der Waals surface area contributed by atoms with Gasteiger partial charge in [-0.15, -0.1) is 0 Å². The molecule has 2 atom stereocenters. The van der Waals surface area contributed by atoms with Crippen LogP contribution in [0, 0.1) is 5.92 Å². The highest BCUT2D eigenvalue weighted by Gasteiger charge is 2.45. The molecule has 0 aromatic heterocycles. The Bertz CT molecular complexity index is 637. The zero-order valence-electron chi connectivity index (χ0n) is 14.4. The van der Waals surface area contributed by atoms with Gasteiger partial charge >= 0.3 is 18.1 Å². The first-order valence-corrected chi connectivity index (χ1v) is 8.18. The van der Waals surface area contributed by atoms with Crippen LogP contribution in [0.15, 0.2) is 30.3 Å². The summed E-state index contributed by atoms with van der Waals surface area (Å²) in [4.78, 5) is 34.3. The average Bonchev–Trinajstić information content (AvgIpc) is 2.61. The van der Waals surface area contributed by atoms with Crippen LogP contribution < -0.4 is 11.1 Å². The second-order valence-corrected chi connectivity index (χ2v) is 5.71. The first kappa shape index (κ1) is 22.4. The SMILES string of the molecule is NCC(=O)NCCCCC(C(=O)O)C(=O)OC(c1ccccc1)C(F)(F)F. The molecule has 150 valence electrons. The van der Waals surface area contributed by atoms with Gasteiger partial charge in [0.05, 0.1) is 6.54 Å². The van der Waals surface area contributed by atoms with Crippen LogP contribution in [0.25, 0.3) is 0 Å². The molecule has 0 saturated carbocycles. The number of esters is 1. The largest absolute Gasteiger partial charge is 0.481 e. The second kappa shape index (κ2) is 10.5. The zero-order chi connectivity index (χ0) is 20.4. The van der Waals surface area contributed by atoms with Crippen LogP contribution in [0.5, 0.6) is 0 Å². The van der Waals surface area contributed by atoms with Crippen molar-refractivity contribution in [2.24, 2.45) is 11.7 Å². The van der Waals surface area contributed by atoms with Crippen LogP contribution in [0.3, 0.4) is 0 Å². The number of hydrogen-bond donors (Lipinski definition) is 3. The minimum Gasteiger partial charge on any atom is -0.481 e. The Kier molecular flexibility index (Phi) is 8.73. The molecule has 0 fully saturated rings. The number of halogens is 3. The van der Waals surface area contributed by atoms with Crippen LogP contribution in [0.1, 0.15) is 30.9 Å². The quantitative estimate of drug-likeness (QED) is 0.318. The topological polar surface area (TPSA) is 119 Å². The lowest BCUT2D eigenvalue weighted by molar-refractivity contribution is -0.226. The molecule has 1 aromatic rings. The number of carbonyl (C=O) groups excluding carboxylic acids is 2. The second-order valence-electron chi connectivity index (χ2n) is 5.71. The predicted molar refractivity (Wildman–Crippen MR) is 88.4 cm³/mol. The summed E-state index contributed by atoms with van der Waals surface area (Å²) in [5, 5.41) is 11.6. The molecule has 0 radical (unpaired) electrons. The molecule has 0 spiro atoms. The van der Waals surface area contributed by atoms with Crippen LogP contribution in [0.2, 0.25) is 0 Å². The van der Waals surface area contributed by atoms with Gasteiger partial charge in [0.15, 0.2) is 5.92 Å². The number of rotatable bonds is 10. The van der Waals surface area contributed by atoms with Crippen molar-refractivity contribution in [3.05, 3.63) is 35.9 Å². The van der Waals surface area contributed by atoms with Crippen molar-refractivity contribution in [1.82, 2.24) is 5.32 Å². The van der Waals surface area contributed by atoms with Crippen molar-refractivity contribution in [3.8, 4) is 0 Å². The number of nitrogens with one attached hydrogen (secondary N) is 1. The molecule has 0 aliphatic carbocycles. The van der Waals surface area contributed by atoms with E-state index in [0.29, 0.717) is 6.42 Å². The molecule has 0 heterocycles. The number of benzene rings is 1. The van der Waals surface area contributed by atoms with E-state index in [0.717, 1.165) is 12.1 Å². The summed E-state index contributed by atoms with van der Waals surface area (Å²) in [5.41, 5.74) is 4.80. The number of ether oxygens (including phenoxy) is 1. The van der Waals surface area contributed by atoms with Gasteiger partial charge in [0.25, 0.3) is 0 Å². The number of aliphatic carboxylic acids is 1. The van der Waals surface area contributed by atoms with Crippen LogP contribution in [0.4, 0.5) is 13.2 Å². The Labute approximate surface area is 153 Å². The molecule has 27 heavy (non-hydrogen) atoms. The van der Waals surface area contributed by atoms with Gasteiger partial charge in [-0.3, -0.25) is 14.4 Å². The van der Waals surface area contributed by atoms with Crippen LogP contribution >= 0.6 is 0 Å². The van der Waals surface area contributed by atoms with Crippen molar-refractivity contribution in [1.29, 1.82) is 0 Å². The normalized spacial score (nSPS) is 13.5. The van der Waals surface area contributed by atoms with E-state index in [1.54, 1.807) is 0 Å². The molecule has 0 saturated heterocycles. The molecule has 10 heteroatoms. The van der Waals surface area contributed by atoms with Gasteiger partial charge < -0.3 is 20.9 Å². The molecule has 4 N–H and O–H groups in total. The summed E-state index contributed by atoms with van der Waals surface area (Å²) in [5.74, 6) is -5.15. The van der Waals surface area contributed by atoms with Gasteiger partial charge in [0.1, 0.15) is 0 Å². The van der Waals surface area contributed by atoms with E-state index in [2.05, 4.69) is 10.1 Å². The van der Waals surface area contributed by atoms with E-state index in [9.17, 15) is 27.6 Å². The summed E-state index contributed by atoms with van der Waals surface area (Å²) >= 11 is 0. The Morgan fingerprint density at radius 3 is 2.30 bits per heavy atom. The molecule has 2 unspecified atom stereocenters. The smallest absolute Gasteiger partial charge is 0.429 e. The van der Waals surface area contributed by atoms with E-state index in [4.69, 9.17) is 10.8 Å². The number of unbranched alkanes of at least 4 members (excludes halogenated alkanes) is 1. The summed E-state index contributed by atoms with van der Waals surface area (Å²) in [7, 11) is 0. The van der Waals surface area contributed by atoms with Crippen molar-refractivity contribution in [3.63, 3.8) is 0 Å². The van der Waals surface area contributed by atoms with Gasteiger partial charge in [-0.1, -0.05) is 36.8 Å². The lowest BCUT2D eigenvalue weighted by Gasteiger charge is -2.22. The predicted octanol–water partition coefficient (Wildman–Crippen LogP) is 1.78.